The summed E-state index contributed by atoms with van der Waals surface area (Å²) >= 11 is 6.05. The van der Waals surface area contributed by atoms with Gasteiger partial charge in [0.25, 0.3) is 0 Å². The van der Waals surface area contributed by atoms with Crippen LogP contribution in [0.25, 0.3) is 0 Å². The predicted molar refractivity (Wildman–Crippen MR) is 85.2 cm³/mol. The minimum atomic E-state index is -0.0204. The van der Waals surface area contributed by atoms with Crippen molar-refractivity contribution in [2.75, 3.05) is 39.1 Å². The number of carbonyl (C=O) groups excluding carboxylic acids is 1. The third-order valence-corrected chi connectivity index (χ3v) is 4.01. The molecule has 1 saturated heterocycles. The lowest BCUT2D eigenvalue weighted by molar-refractivity contribution is -0.117. The quantitative estimate of drug-likeness (QED) is 0.873. The van der Waals surface area contributed by atoms with Crippen molar-refractivity contribution in [2.24, 2.45) is 0 Å². The van der Waals surface area contributed by atoms with Gasteiger partial charge >= 0.3 is 0 Å². The zero-order valence-corrected chi connectivity index (χ0v) is 13.2. The van der Waals surface area contributed by atoms with E-state index in [2.05, 4.69) is 15.5 Å². The van der Waals surface area contributed by atoms with Gasteiger partial charge in [-0.25, -0.2) is 0 Å². The molecule has 1 fully saturated rings. The molecule has 116 valence electrons. The monoisotopic (exact) mass is 311 g/mol. The van der Waals surface area contributed by atoms with E-state index in [1.54, 1.807) is 25.3 Å². The minimum absolute atomic E-state index is 0.0204. The molecule has 0 saturated carbocycles. The van der Waals surface area contributed by atoms with Gasteiger partial charge in [-0.1, -0.05) is 11.6 Å². The number of benzene rings is 1. The van der Waals surface area contributed by atoms with Gasteiger partial charge in [-0.15, -0.1) is 0 Å². The largest absolute Gasteiger partial charge is 0.495 e. The Balaban J connectivity index is 1.88. The number of amides is 1. The van der Waals surface area contributed by atoms with Gasteiger partial charge in [-0.05, 0) is 44.6 Å². The van der Waals surface area contributed by atoms with E-state index in [9.17, 15) is 4.79 Å². The van der Waals surface area contributed by atoms with Gasteiger partial charge in [0.2, 0.25) is 5.91 Å². The SMILES string of the molecule is CNC1CCCN(CC(=O)Nc2ccc(OC)c(Cl)c2)C1. The van der Waals surface area contributed by atoms with Crippen LogP contribution in [0.3, 0.4) is 0 Å². The number of hydrogen-bond acceptors (Lipinski definition) is 4. The number of nitrogens with zero attached hydrogens (tertiary/aromatic N) is 1. The van der Waals surface area contributed by atoms with Gasteiger partial charge in [0.05, 0.1) is 18.7 Å². The first-order valence-corrected chi connectivity index (χ1v) is 7.53. The smallest absolute Gasteiger partial charge is 0.238 e. The summed E-state index contributed by atoms with van der Waals surface area (Å²) < 4.78 is 5.09. The Morgan fingerprint density at radius 3 is 3.00 bits per heavy atom. The number of methoxy groups -OCH3 is 1. The van der Waals surface area contributed by atoms with E-state index in [1.807, 2.05) is 7.05 Å². The first kappa shape index (κ1) is 16.1. The molecule has 21 heavy (non-hydrogen) atoms. The van der Waals surface area contributed by atoms with Crippen molar-refractivity contribution in [3.8, 4) is 5.75 Å². The molecule has 5 nitrogen and oxygen atoms in total. The van der Waals surface area contributed by atoms with Gasteiger partial charge < -0.3 is 15.4 Å². The molecule has 1 aromatic carbocycles. The molecule has 0 bridgehead atoms. The molecule has 1 unspecified atom stereocenters. The van der Waals surface area contributed by atoms with E-state index < -0.39 is 0 Å². The number of likely N-dealkylation sites (N-methyl/N-ethyl adjacent to an activating group) is 1. The van der Waals surface area contributed by atoms with E-state index in [-0.39, 0.29) is 5.91 Å². The number of nitrogens with one attached hydrogen (secondary N) is 2. The van der Waals surface area contributed by atoms with Crippen LogP contribution in [0.15, 0.2) is 18.2 Å². The summed E-state index contributed by atoms with van der Waals surface area (Å²) in [6.07, 6.45) is 2.29. The van der Waals surface area contributed by atoms with E-state index in [0.29, 0.717) is 29.0 Å². The van der Waals surface area contributed by atoms with E-state index in [0.717, 1.165) is 19.5 Å². The second-order valence-corrected chi connectivity index (χ2v) is 5.67. The molecule has 1 aromatic rings. The summed E-state index contributed by atoms with van der Waals surface area (Å²) in [7, 11) is 3.53. The molecule has 1 atom stereocenters. The fourth-order valence-corrected chi connectivity index (χ4v) is 2.84. The van der Waals surface area contributed by atoms with Crippen LogP contribution in [0.5, 0.6) is 5.75 Å². The highest BCUT2D eigenvalue weighted by Gasteiger charge is 2.20. The zero-order chi connectivity index (χ0) is 15.2. The van der Waals surface area contributed by atoms with Crippen molar-refractivity contribution in [3.63, 3.8) is 0 Å². The second-order valence-electron chi connectivity index (χ2n) is 5.26. The molecule has 1 aliphatic heterocycles. The Bertz CT molecular complexity index is 496. The van der Waals surface area contributed by atoms with Crippen LogP contribution in [0.4, 0.5) is 5.69 Å². The van der Waals surface area contributed by atoms with Crippen molar-refractivity contribution >= 4 is 23.2 Å². The van der Waals surface area contributed by atoms with Gasteiger partial charge in [0.1, 0.15) is 5.75 Å². The second kappa shape index (κ2) is 7.64. The van der Waals surface area contributed by atoms with Crippen molar-refractivity contribution in [1.82, 2.24) is 10.2 Å². The summed E-state index contributed by atoms with van der Waals surface area (Å²) in [5.41, 5.74) is 0.688. The van der Waals surface area contributed by atoms with Crippen molar-refractivity contribution in [2.45, 2.75) is 18.9 Å². The van der Waals surface area contributed by atoms with Gasteiger partial charge in [0.15, 0.2) is 0 Å². The summed E-state index contributed by atoms with van der Waals surface area (Å²) in [6.45, 7) is 2.28. The molecule has 0 spiro atoms. The van der Waals surface area contributed by atoms with Gasteiger partial charge in [0, 0.05) is 18.3 Å². The van der Waals surface area contributed by atoms with Crippen LogP contribution in [-0.2, 0) is 4.79 Å². The van der Waals surface area contributed by atoms with E-state index >= 15 is 0 Å². The van der Waals surface area contributed by atoms with Crippen LogP contribution in [0, 0.1) is 0 Å². The Kier molecular flexibility index (Phi) is 5.85. The van der Waals surface area contributed by atoms with Crippen molar-refractivity contribution < 1.29 is 9.53 Å². The Morgan fingerprint density at radius 2 is 2.33 bits per heavy atom. The van der Waals surface area contributed by atoms with E-state index in [4.69, 9.17) is 16.3 Å². The fourth-order valence-electron chi connectivity index (χ4n) is 2.58. The molecular weight excluding hydrogens is 290 g/mol. The number of ether oxygens (including phenoxy) is 1. The Hall–Kier alpha value is -1.30. The highest BCUT2D eigenvalue weighted by atomic mass is 35.5. The maximum absolute atomic E-state index is 12.1. The summed E-state index contributed by atoms with van der Waals surface area (Å²) in [5, 5.41) is 6.63. The van der Waals surface area contributed by atoms with E-state index in [1.165, 1.54) is 6.42 Å². The van der Waals surface area contributed by atoms with Crippen LogP contribution in [-0.4, -0.2) is 50.6 Å². The van der Waals surface area contributed by atoms with Crippen molar-refractivity contribution in [1.29, 1.82) is 0 Å². The lowest BCUT2D eigenvalue weighted by Crippen LogP contribution is -2.46. The number of halogens is 1. The minimum Gasteiger partial charge on any atom is -0.495 e. The maximum atomic E-state index is 12.1. The number of hydrogen-bond donors (Lipinski definition) is 2. The highest BCUT2D eigenvalue weighted by molar-refractivity contribution is 6.32. The van der Waals surface area contributed by atoms with Crippen LogP contribution < -0.4 is 15.4 Å². The maximum Gasteiger partial charge on any atom is 0.238 e. The molecule has 0 aromatic heterocycles. The summed E-state index contributed by atoms with van der Waals surface area (Å²) in [4.78, 5) is 14.3. The average molecular weight is 312 g/mol. The molecular formula is C15H22ClN3O2. The number of likely N-dealkylation sites (tertiary alicyclic amines) is 1. The molecule has 1 amide bonds. The number of piperidine rings is 1. The fraction of sp³-hybridized carbons (Fsp3) is 0.533. The number of carbonyl (C=O) groups is 1. The molecule has 2 rings (SSSR count). The van der Waals surface area contributed by atoms with Crippen LogP contribution in [0.1, 0.15) is 12.8 Å². The summed E-state index contributed by atoms with van der Waals surface area (Å²) in [6, 6.07) is 5.71. The van der Waals surface area contributed by atoms with Gasteiger partial charge in [-0.2, -0.15) is 0 Å². The predicted octanol–water partition coefficient (Wildman–Crippen LogP) is 1.97. The lowest BCUT2D eigenvalue weighted by Gasteiger charge is -2.31. The third kappa shape index (κ3) is 4.59. The number of rotatable bonds is 5. The van der Waals surface area contributed by atoms with Crippen LogP contribution in [0.2, 0.25) is 5.02 Å². The first-order valence-electron chi connectivity index (χ1n) is 7.15. The summed E-state index contributed by atoms with van der Waals surface area (Å²) in [5.74, 6) is 0.579. The zero-order valence-electron chi connectivity index (χ0n) is 12.5. The van der Waals surface area contributed by atoms with Gasteiger partial charge in [-0.3, -0.25) is 9.69 Å². The standard InChI is InChI=1S/C15H22ClN3O2/c1-17-12-4-3-7-19(9-12)10-15(20)18-11-5-6-14(21-2)13(16)8-11/h5-6,8,12,17H,3-4,7,9-10H2,1-2H3,(H,18,20). The lowest BCUT2D eigenvalue weighted by atomic mass is 10.1. The van der Waals surface area contributed by atoms with Crippen LogP contribution >= 0.6 is 11.6 Å². The normalized spacial score (nSPS) is 19.3. The molecule has 6 heteroatoms. The highest BCUT2D eigenvalue weighted by Crippen LogP contribution is 2.27. The molecule has 0 radical (unpaired) electrons. The third-order valence-electron chi connectivity index (χ3n) is 3.72. The first-order chi connectivity index (χ1) is 10.1. The Morgan fingerprint density at radius 1 is 1.52 bits per heavy atom. The molecule has 1 aliphatic rings. The van der Waals surface area contributed by atoms with Crippen molar-refractivity contribution in [3.05, 3.63) is 23.2 Å². The number of anilines is 1. The topological polar surface area (TPSA) is 53.6 Å². The molecule has 0 aliphatic carbocycles. The Labute approximate surface area is 130 Å². The molecule has 1 heterocycles. The average Bonchev–Trinajstić information content (AvgIpc) is 2.47. The molecule has 2 N–H and O–H groups in total.